The summed E-state index contributed by atoms with van der Waals surface area (Å²) in [6.07, 6.45) is 1.80. The van der Waals surface area contributed by atoms with Gasteiger partial charge >= 0.3 is 0 Å². The average molecular weight is 298 g/mol. The van der Waals surface area contributed by atoms with Crippen LogP contribution in [-0.2, 0) is 13.2 Å². The molecule has 0 spiro atoms. The van der Waals surface area contributed by atoms with Gasteiger partial charge in [0.1, 0.15) is 17.9 Å². The average Bonchev–Trinajstić information content (AvgIpc) is 2.99. The van der Waals surface area contributed by atoms with E-state index >= 15 is 0 Å². The zero-order valence-electron chi connectivity index (χ0n) is 12.0. The number of thiophene rings is 1. The monoisotopic (exact) mass is 298 g/mol. The number of rotatable bonds is 6. The lowest BCUT2D eigenvalue weighted by molar-refractivity contribution is 0.313. The van der Waals surface area contributed by atoms with Gasteiger partial charge in [0.25, 0.3) is 0 Å². The van der Waals surface area contributed by atoms with Crippen molar-refractivity contribution in [1.82, 2.24) is 10.3 Å². The molecular weight excluding hydrogens is 280 g/mol. The van der Waals surface area contributed by atoms with Crippen LogP contribution < -0.4 is 10.1 Å². The predicted octanol–water partition coefficient (Wildman–Crippen LogP) is 3.98. The van der Waals surface area contributed by atoms with Crippen molar-refractivity contribution in [2.45, 2.75) is 20.1 Å². The predicted molar refractivity (Wildman–Crippen MR) is 87.8 cm³/mol. The molecule has 0 aliphatic rings. The van der Waals surface area contributed by atoms with Crippen LogP contribution in [-0.4, -0.2) is 11.5 Å². The van der Waals surface area contributed by atoms with Crippen molar-refractivity contribution in [3.8, 4) is 5.75 Å². The lowest BCUT2D eigenvalue weighted by Gasteiger charge is -2.07. The Hall–Kier alpha value is -1.91. The summed E-state index contributed by atoms with van der Waals surface area (Å²) in [5.74, 6) is 0.842. The van der Waals surface area contributed by atoms with Crippen molar-refractivity contribution in [3.63, 3.8) is 0 Å². The van der Waals surface area contributed by atoms with Crippen molar-refractivity contribution >= 4 is 22.2 Å². The summed E-state index contributed by atoms with van der Waals surface area (Å²) in [7, 11) is 0. The molecule has 1 aromatic carbocycles. The SMILES string of the molecule is CCNCc1ccc(COc2cccc3cccnc23)s1. The minimum atomic E-state index is 0.590. The molecule has 0 unspecified atom stereocenters. The molecule has 3 rings (SSSR count). The van der Waals surface area contributed by atoms with Crippen molar-refractivity contribution in [1.29, 1.82) is 0 Å². The maximum absolute atomic E-state index is 5.95. The van der Waals surface area contributed by atoms with Crippen LogP contribution in [0.25, 0.3) is 10.9 Å². The zero-order chi connectivity index (χ0) is 14.5. The summed E-state index contributed by atoms with van der Waals surface area (Å²) in [4.78, 5) is 6.98. The molecular formula is C17H18N2OS. The highest BCUT2D eigenvalue weighted by Crippen LogP contribution is 2.25. The quantitative estimate of drug-likeness (QED) is 0.747. The number of para-hydroxylation sites is 1. The number of nitrogens with zero attached hydrogens (tertiary/aromatic N) is 1. The molecule has 0 atom stereocenters. The number of hydrogen-bond acceptors (Lipinski definition) is 4. The van der Waals surface area contributed by atoms with Crippen LogP contribution in [0.3, 0.4) is 0 Å². The van der Waals surface area contributed by atoms with E-state index in [1.54, 1.807) is 17.5 Å². The van der Waals surface area contributed by atoms with E-state index in [1.807, 2.05) is 18.2 Å². The molecule has 0 saturated heterocycles. The smallest absolute Gasteiger partial charge is 0.146 e. The molecule has 0 aliphatic carbocycles. The standard InChI is InChI=1S/C17H18N2OS/c1-2-18-11-14-8-9-15(21-14)12-20-16-7-3-5-13-6-4-10-19-17(13)16/h3-10,18H,2,11-12H2,1H3. The van der Waals surface area contributed by atoms with E-state index in [2.05, 4.69) is 41.5 Å². The van der Waals surface area contributed by atoms with Crippen molar-refractivity contribution in [2.24, 2.45) is 0 Å². The van der Waals surface area contributed by atoms with E-state index in [0.29, 0.717) is 6.61 Å². The van der Waals surface area contributed by atoms with Gasteiger partial charge in [0.15, 0.2) is 0 Å². The molecule has 3 aromatic rings. The highest BCUT2D eigenvalue weighted by molar-refractivity contribution is 7.11. The molecule has 108 valence electrons. The number of ether oxygens (including phenoxy) is 1. The van der Waals surface area contributed by atoms with E-state index in [9.17, 15) is 0 Å². The third-order valence-corrected chi connectivity index (χ3v) is 4.29. The van der Waals surface area contributed by atoms with E-state index in [0.717, 1.165) is 29.7 Å². The molecule has 21 heavy (non-hydrogen) atoms. The Morgan fingerprint density at radius 3 is 2.86 bits per heavy atom. The maximum atomic E-state index is 5.95. The van der Waals surface area contributed by atoms with Gasteiger partial charge in [-0.15, -0.1) is 11.3 Å². The topological polar surface area (TPSA) is 34.1 Å². The first-order valence-electron chi connectivity index (χ1n) is 7.11. The van der Waals surface area contributed by atoms with Crippen LogP contribution in [0.1, 0.15) is 16.7 Å². The molecule has 2 aromatic heterocycles. The molecule has 4 heteroatoms. The lowest BCUT2D eigenvalue weighted by atomic mass is 10.2. The van der Waals surface area contributed by atoms with Gasteiger partial charge in [0.05, 0.1) is 0 Å². The van der Waals surface area contributed by atoms with Crippen LogP contribution in [0.15, 0.2) is 48.7 Å². The second kappa shape index (κ2) is 6.70. The fraction of sp³-hybridized carbons (Fsp3) is 0.235. The van der Waals surface area contributed by atoms with Gasteiger partial charge < -0.3 is 10.1 Å². The second-order valence-electron chi connectivity index (χ2n) is 4.77. The fourth-order valence-electron chi connectivity index (χ4n) is 2.18. The van der Waals surface area contributed by atoms with Crippen molar-refractivity contribution in [2.75, 3.05) is 6.54 Å². The molecule has 1 N–H and O–H groups in total. The summed E-state index contributed by atoms with van der Waals surface area (Å²) in [6, 6.07) is 14.3. The van der Waals surface area contributed by atoms with E-state index in [1.165, 1.54) is 9.75 Å². The van der Waals surface area contributed by atoms with Gasteiger partial charge in [-0.2, -0.15) is 0 Å². The molecule has 3 nitrogen and oxygen atoms in total. The van der Waals surface area contributed by atoms with Crippen LogP contribution in [0.4, 0.5) is 0 Å². The van der Waals surface area contributed by atoms with Crippen LogP contribution in [0.5, 0.6) is 5.75 Å². The third-order valence-electron chi connectivity index (χ3n) is 3.23. The van der Waals surface area contributed by atoms with Crippen LogP contribution >= 0.6 is 11.3 Å². The minimum absolute atomic E-state index is 0.590. The Morgan fingerprint density at radius 1 is 1.10 bits per heavy atom. The third kappa shape index (κ3) is 3.40. The summed E-state index contributed by atoms with van der Waals surface area (Å²) in [5, 5.41) is 4.44. The van der Waals surface area contributed by atoms with E-state index in [-0.39, 0.29) is 0 Å². The number of nitrogens with one attached hydrogen (secondary N) is 1. The normalized spacial score (nSPS) is 10.9. The number of pyridine rings is 1. The number of hydrogen-bond donors (Lipinski definition) is 1. The van der Waals surface area contributed by atoms with Gasteiger partial charge in [0, 0.05) is 27.9 Å². The Kier molecular flexibility index (Phi) is 4.48. The number of benzene rings is 1. The Morgan fingerprint density at radius 2 is 1.95 bits per heavy atom. The first-order chi connectivity index (χ1) is 10.4. The summed E-state index contributed by atoms with van der Waals surface area (Å²) in [5.41, 5.74) is 0.921. The van der Waals surface area contributed by atoms with Crippen LogP contribution in [0.2, 0.25) is 0 Å². The molecule has 0 bridgehead atoms. The highest BCUT2D eigenvalue weighted by Gasteiger charge is 2.05. The van der Waals surface area contributed by atoms with E-state index < -0.39 is 0 Å². The molecule has 0 amide bonds. The van der Waals surface area contributed by atoms with Gasteiger partial charge in [-0.25, -0.2) is 0 Å². The van der Waals surface area contributed by atoms with Gasteiger partial charge in [0.2, 0.25) is 0 Å². The lowest BCUT2D eigenvalue weighted by Crippen LogP contribution is -2.10. The molecule has 2 heterocycles. The Labute approximate surface area is 128 Å². The van der Waals surface area contributed by atoms with Crippen molar-refractivity contribution in [3.05, 3.63) is 58.4 Å². The second-order valence-corrected chi connectivity index (χ2v) is 6.02. The largest absolute Gasteiger partial charge is 0.486 e. The molecule has 0 fully saturated rings. The molecule has 0 radical (unpaired) electrons. The number of fused-ring (bicyclic) bond motifs is 1. The number of aromatic nitrogens is 1. The highest BCUT2D eigenvalue weighted by atomic mass is 32.1. The molecule has 0 saturated carbocycles. The first-order valence-corrected chi connectivity index (χ1v) is 7.93. The van der Waals surface area contributed by atoms with Gasteiger partial charge in [-0.3, -0.25) is 4.98 Å². The van der Waals surface area contributed by atoms with Gasteiger partial charge in [-0.05, 0) is 30.8 Å². The summed E-state index contributed by atoms with van der Waals surface area (Å²) < 4.78 is 5.95. The maximum Gasteiger partial charge on any atom is 0.146 e. The van der Waals surface area contributed by atoms with Crippen molar-refractivity contribution < 1.29 is 4.74 Å². The first kappa shape index (κ1) is 14.0. The van der Waals surface area contributed by atoms with Gasteiger partial charge in [-0.1, -0.05) is 25.1 Å². The molecule has 0 aliphatic heterocycles. The Bertz CT molecular complexity index is 718. The van der Waals surface area contributed by atoms with E-state index in [4.69, 9.17) is 4.74 Å². The minimum Gasteiger partial charge on any atom is -0.486 e. The summed E-state index contributed by atoms with van der Waals surface area (Å²) in [6.45, 7) is 4.63. The van der Waals surface area contributed by atoms with Crippen LogP contribution in [0, 0.1) is 0 Å². The zero-order valence-corrected chi connectivity index (χ0v) is 12.8. The fourth-order valence-corrected chi connectivity index (χ4v) is 3.09. The Balaban J connectivity index is 1.70. The summed E-state index contributed by atoms with van der Waals surface area (Å²) >= 11 is 1.79.